The second kappa shape index (κ2) is 6.68. The van der Waals surface area contributed by atoms with Crippen LogP contribution in [0.3, 0.4) is 0 Å². The molecule has 1 unspecified atom stereocenters. The molecule has 0 radical (unpaired) electrons. The van der Waals surface area contributed by atoms with Gasteiger partial charge in [-0.1, -0.05) is 28.1 Å². The first-order valence-electron chi connectivity index (χ1n) is 5.95. The molecule has 0 aliphatic carbocycles. The monoisotopic (exact) mass is 333 g/mol. The molecule has 0 saturated carbocycles. The van der Waals surface area contributed by atoms with Crippen molar-refractivity contribution in [1.82, 2.24) is 5.32 Å². The molecule has 0 aliphatic heterocycles. The fraction of sp³-hybridized carbons (Fsp3) is 0.538. The highest BCUT2D eigenvalue weighted by atomic mass is 79.9. The van der Waals surface area contributed by atoms with Gasteiger partial charge in [0, 0.05) is 22.5 Å². The Balaban J connectivity index is 2.75. The quantitative estimate of drug-likeness (QED) is 0.870. The minimum Gasteiger partial charge on any atom is -0.313 e. The zero-order valence-corrected chi connectivity index (χ0v) is 13.4. The zero-order valence-electron chi connectivity index (χ0n) is 11.0. The maximum Gasteiger partial charge on any atom is 0.147 e. The summed E-state index contributed by atoms with van der Waals surface area (Å²) in [5, 5.41) is 3.26. The van der Waals surface area contributed by atoms with Crippen molar-refractivity contribution in [2.75, 3.05) is 19.1 Å². The summed E-state index contributed by atoms with van der Waals surface area (Å²) in [6.45, 7) is 2.07. The molecule has 0 heterocycles. The Hall–Kier alpha value is -0.390. The number of benzene rings is 1. The minimum absolute atomic E-state index is 0.198. The summed E-state index contributed by atoms with van der Waals surface area (Å²) in [6.07, 6.45) is 2.78. The maximum absolute atomic E-state index is 11.1. The molecule has 0 fully saturated rings. The first kappa shape index (κ1) is 15.7. The number of hydrogen-bond donors (Lipinski definition) is 1. The molecule has 0 bridgehead atoms. The van der Waals surface area contributed by atoms with E-state index >= 15 is 0 Å². The fourth-order valence-electron chi connectivity index (χ4n) is 2.01. The highest BCUT2D eigenvalue weighted by Gasteiger charge is 2.14. The van der Waals surface area contributed by atoms with E-state index < -0.39 is 9.84 Å². The van der Waals surface area contributed by atoms with Gasteiger partial charge < -0.3 is 5.32 Å². The van der Waals surface area contributed by atoms with Crippen molar-refractivity contribution in [2.45, 2.75) is 25.8 Å². The smallest absolute Gasteiger partial charge is 0.147 e. The predicted molar refractivity (Wildman–Crippen MR) is 79.6 cm³/mol. The molecule has 0 amide bonds. The topological polar surface area (TPSA) is 46.2 Å². The van der Waals surface area contributed by atoms with Crippen LogP contribution in [0.5, 0.6) is 0 Å². The van der Waals surface area contributed by atoms with Crippen LogP contribution in [0.4, 0.5) is 0 Å². The van der Waals surface area contributed by atoms with Gasteiger partial charge in [-0.3, -0.25) is 0 Å². The molecule has 18 heavy (non-hydrogen) atoms. The second-order valence-electron chi connectivity index (χ2n) is 4.57. The average Bonchev–Trinajstić information content (AvgIpc) is 2.27. The van der Waals surface area contributed by atoms with Gasteiger partial charge in [0.25, 0.3) is 0 Å². The third-order valence-electron chi connectivity index (χ3n) is 3.04. The summed E-state index contributed by atoms with van der Waals surface area (Å²) in [5.74, 6) is 0.248. The van der Waals surface area contributed by atoms with Crippen LogP contribution >= 0.6 is 15.9 Å². The molecule has 1 rings (SSSR count). The van der Waals surface area contributed by atoms with Crippen molar-refractivity contribution in [3.05, 3.63) is 33.8 Å². The van der Waals surface area contributed by atoms with Crippen molar-refractivity contribution in [1.29, 1.82) is 0 Å². The third kappa shape index (κ3) is 4.71. The molecule has 5 heteroatoms. The number of nitrogens with one attached hydrogen (secondary N) is 1. The number of hydrogen-bond acceptors (Lipinski definition) is 3. The Bertz CT molecular complexity index is 500. The maximum atomic E-state index is 11.1. The van der Waals surface area contributed by atoms with Gasteiger partial charge in [0.2, 0.25) is 0 Å². The van der Waals surface area contributed by atoms with Gasteiger partial charge in [0.15, 0.2) is 0 Å². The SMILES string of the molecule is CNC(CCCS(C)(=O)=O)c1cccc(Br)c1C. The normalized spacial score (nSPS) is 13.6. The van der Waals surface area contributed by atoms with Gasteiger partial charge >= 0.3 is 0 Å². The van der Waals surface area contributed by atoms with Crippen LogP contribution < -0.4 is 5.32 Å². The van der Waals surface area contributed by atoms with Crippen LogP contribution in [-0.2, 0) is 9.84 Å². The lowest BCUT2D eigenvalue weighted by Crippen LogP contribution is -2.18. The Morgan fingerprint density at radius 2 is 2.06 bits per heavy atom. The van der Waals surface area contributed by atoms with E-state index in [1.165, 1.54) is 17.4 Å². The first-order valence-corrected chi connectivity index (χ1v) is 8.80. The van der Waals surface area contributed by atoms with E-state index in [-0.39, 0.29) is 11.8 Å². The predicted octanol–water partition coefficient (Wildman–Crippen LogP) is 2.84. The van der Waals surface area contributed by atoms with Crippen LogP contribution in [0.15, 0.2) is 22.7 Å². The molecular weight excluding hydrogens is 314 g/mol. The molecule has 1 N–H and O–H groups in total. The summed E-state index contributed by atoms with van der Waals surface area (Å²) < 4.78 is 23.3. The number of sulfone groups is 1. The minimum atomic E-state index is -2.87. The highest BCUT2D eigenvalue weighted by Crippen LogP contribution is 2.27. The van der Waals surface area contributed by atoms with Gasteiger partial charge in [0.1, 0.15) is 9.84 Å². The van der Waals surface area contributed by atoms with E-state index in [0.29, 0.717) is 6.42 Å². The van der Waals surface area contributed by atoms with Crippen molar-refractivity contribution < 1.29 is 8.42 Å². The molecule has 0 saturated heterocycles. The lowest BCUT2D eigenvalue weighted by Gasteiger charge is -2.19. The summed E-state index contributed by atoms with van der Waals surface area (Å²) >= 11 is 3.52. The Morgan fingerprint density at radius 1 is 1.39 bits per heavy atom. The third-order valence-corrected chi connectivity index (χ3v) is 4.93. The highest BCUT2D eigenvalue weighted by molar-refractivity contribution is 9.10. The molecule has 1 aromatic rings. The lowest BCUT2D eigenvalue weighted by molar-refractivity contribution is 0.534. The van der Waals surface area contributed by atoms with Crippen LogP contribution in [-0.4, -0.2) is 27.5 Å². The van der Waals surface area contributed by atoms with E-state index in [2.05, 4.69) is 34.2 Å². The number of halogens is 1. The summed E-state index contributed by atoms with van der Waals surface area (Å²) in [7, 11) is -0.957. The molecular formula is C13H20BrNO2S. The zero-order chi connectivity index (χ0) is 13.8. The molecule has 1 aromatic carbocycles. The van der Waals surface area contributed by atoms with Crippen LogP contribution in [0.2, 0.25) is 0 Å². The van der Waals surface area contributed by atoms with Crippen LogP contribution in [0.1, 0.15) is 30.0 Å². The standard InChI is InChI=1S/C13H20BrNO2S/c1-10-11(6-4-7-12(10)14)13(15-2)8-5-9-18(3,16)17/h4,6-7,13,15H,5,8-9H2,1-3H3. The van der Waals surface area contributed by atoms with Crippen LogP contribution in [0.25, 0.3) is 0 Å². The van der Waals surface area contributed by atoms with E-state index in [4.69, 9.17) is 0 Å². The molecule has 1 atom stereocenters. The molecule has 102 valence electrons. The molecule has 3 nitrogen and oxygen atoms in total. The first-order chi connectivity index (χ1) is 8.35. The van der Waals surface area contributed by atoms with Gasteiger partial charge in [0.05, 0.1) is 0 Å². The molecule has 0 aromatic heterocycles. The van der Waals surface area contributed by atoms with Crippen molar-refractivity contribution in [3.63, 3.8) is 0 Å². The van der Waals surface area contributed by atoms with E-state index in [9.17, 15) is 8.42 Å². The fourth-order valence-corrected chi connectivity index (χ4v) is 3.08. The second-order valence-corrected chi connectivity index (χ2v) is 7.68. The van der Waals surface area contributed by atoms with Gasteiger partial charge in [-0.25, -0.2) is 8.42 Å². The van der Waals surface area contributed by atoms with Crippen molar-refractivity contribution in [2.24, 2.45) is 0 Å². The van der Waals surface area contributed by atoms with Gasteiger partial charge in [-0.2, -0.15) is 0 Å². The summed E-state index contributed by atoms with van der Waals surface area (Å²) in [5.41, 5.74) is 2.43. The van der Waals surface area contributed by atoms with Gasteiger partial charge in [-0.15, -0.1) is 0 Å². The number of rotatable bonds is 6. The Labute approximate surface area is 118 Å². The molecule has 0 aliphatic rings. The van der Waals surface area contributed by atoms with E-state index in [0.717, 1.165) is 10.9 Å². The summed E-state index contributed by atoms with van der Waals surface area (Å²) in [4.78, 5) is 0. The van der Waals surface area contributed by atoms with Crippen LogP contribution in [0, 0.1) is 6.92 Å². The van der Waals surface area contributed by atoms with Gasteiger partial charge in [-0.05, 0) is 44.0 Å². The van der Waals surface area contributed by atoms with Crippen molar-refractivity contribution in [3.8, 4) is 0 Å². The Morgan fingerprint density at radius 3 is 2.61 bits per heavy atom. The molecule has 0 spiro atoms. The lowest BCUT2D eigenvalue weighted by atomic mass is 9.98. The average molecular weight is 334 g/mol. The van der Waals surface area contributed by atoms with Crippen molar-refractivity contribution >= 4 is 25.8 Å². The Kier molecular flexibility index (Phi) is 5.82. The van der Waals surface area contributed by atoms with E-state index in [1.54, 1.807) is 0 Å². The summed E-state index contributed by atoms with van der Waals surface area (Å²) in [6, 6.07) is 6.31. The largest absolute Gasteiger partial charge is 0.313 e. The van der Waals surface area contributed by atoms with E-state index in [1.807, 2.05) is 19.2 Å².